The molecule has 6 heteroatoms. The SMILES string of the molecule is OC(Cc1cc(Cl)ccc1Cl)c1c(F)cc(Br)cc1F. The standard InChI is InChI=1S/C14H9BrCl2F2O/c15-8-5-11(18)14(12(19)6-8)13(20)4-7-3-9(16)1-2-10(7)17/h1-3,5-6,13,20H,4H2. The molecule has 0 radical (unpaired) electrons. The fraction of sp³-hybridized carbons (Fsp3) is 0.143. The van der Waals surface area contributed by atoms with Crippen molar-refractivity contribution in [1.29, 1.82) is 0 Å². The average Bonchev–Trinajstić information content (AvgIpc) is 2.32. The third-order valence-electron chi connectivity index (χ3n) is 2.80. The van der Waals surface area contributed by atoms with Crippen LogP contribution in [0.15, 0.2) is 34.8 Å². The van der Waals surface area contributed by atoms with Crippen LogP contribution in [0.3, 0.4) is 0 Å². The molecule has 106 valence electrons. The summed E-state index contributed by atoms with van der Waals surface area (Å²) in [6.07, 6.45) is -1.38. The molecule has 20 heavy (non-hydrogen) atoms. The zero-order valence-corrected chi connectivity index (χ0v) is 13.1. The van der Waals surface area contributed by atoms with Gasteiger partial charge in [-0.3, -0.25) is 0 Å². The van der Waals surface area contributed by atoms with Crippen LogP contribution in [-0.2, 0) is 6.42 Å². The Balaban J connectivity index is 2.33. The molecule has 0 aliphatic rings. The summed E-state index contributed by atoms with van der Waals surface area (Å²) in [7, 11) is 0. The number of benzene rings is 2. The van der Waals surface area contributed by atoms with Gasteiger partial charge in [-0.15, -0.1) is 0 Å². The van der Waals surface area contributed by atoms with Gasteiger partial charge in [0.1, 0.15) is 11.6 Å². The zero-order valence-electron chi connectivity index (χ0n) is 10.0. The third kappa shape index (κ3) is 3.50. The molecule has 0 aliphatic heterocycles. The topological polar surface area (TPSA) is 20.2 Å². The number of aliphatic hydroxyl groups excluding tert-OH is 1. The minimum atomic E-state index is -1.35. The fourth-order valence-corrected chi connectivity index (χ4v) is 2.67. The summed E-state index contributed by atoms with van der Waals surface area (Å²) in [4.78, 5) is 0. The van der Waals surface area contributed by atoms with Gasteiger partial charge in [-0.2, -0.15) is 0 Å². The lowest BCUT2D eigenvalue weighted by Gasteiger charge is -2.14. The lowest BCUT2D eigenvalue weighted by atomic mass is 10.0. The lowest BCUT2D eigenvalue weighted by molar-refractivity contribution is 0.168. The maximum Gasteiger partial charge on any atom is 0.133 e. The van der Waals surface area contributed by atoms with Crippen molar-refractivity contribution in [2.75, 3.05) is 0 Å². The van der Waals surface area contributed by atoms with Gasteiger partial charge in [-0.1, -0.05) is 39.1 Å². The van der Waals surface area contributed by atoms with Crippen molar-refractivity contribution < 1.29 is 13.9 Å². The largest absolute Gasteiger partial charge is 0.388 e. The molecule has 0 bridgehead atoms. The van der Waals surface area contributed by atoms with Crippen LogP contribution in [0.4, 0.5) is 8.78 Å². The molecule has 2 aromatic carbocycles. The molecule has 1 N–H and O–H groups in total. The van der Waals surface area contributed by atoms with Crippen LogP contribution in [0.1, 0.15) is 17.2 Å². The second-order valence-corrected chi connectivity index (χ2v) is 6.00. The normalized spacial score (nSPS) is 12.5. The lowest BCUT2D eigenvalue weighted by Crippen LogP contribution is -2.08. The van der Waals surface area contributed by atoms with Gasteiger partial charge in [-0.25, -0.2) is 8.78 Å². The summed E-state index contributed by atoms with van der Waals surface area (Å²) in [6.45, 7) is 0. The minimum absolute atomic E-state index is 0.0329. The van der Waals surface area contributed by atoms with Crippen molar-refractivity contribution in [2.45, 2.75) is 12.5 Å². The molecule has 1 nitrogen and oxygen atoms in total. The van der Waals surface area contributed by atoms with Crippen LogP contribution in [0.5, 0.6) is 0 Å². The van der Waals surface area contributed by atoms with Crippen molar-refractivity contribution in [1.82, 2.24) is 0 Å². The molecule has 0 aliphatic carbocycles. The number of hydrogen-bond acceptors (Lipinski definition) is 1. The van der Waals surface area contributed by atoms with Crippen LogP contribution in [0, 0.1) is 11.6 Å². The van der Waals surface area contributed by atoms with Gasteiger partial charge in [0.2, 0.25) is 0 Å². The molecule has 0 amide bonds. The highest BCUT2D eigenvalue weighted by atomic mass is 79.9. The van der Waals surface area contributed by atoms with Gasteiger partial charge in [0.15, 0.2) is 0 Å². The highest BCUT2D eigenvalue weighted by Crippen LogP contribution is 2.30. The van der Waals surface area contributed by atoms with Gasteiger partial charge < -0.3 is 5.11 Å². The predicted molar refractivity (Wildman–Crippen MR) is 79.2 cm³/mol. The molecule has 0 spiro atoms. The van der Waals surface area contributed by atoms with Crippen LogP contribution in [0.25, 0.3) is 0 Å². The highest BCUT2D eigenvalue weighted by Gasteiger charge is 2.20. The Hall–Kier alpha value is -0.680. The number of rotatable bonds is 3. The second kappa shape index (κ2) is 6.39. The van der Waals surface area contributed by atoms with E-state index in [2.05, 4.69) is 15.9 Å². The summed E-state index contributed by atoms with van der Waals surface area (Å²) < 4.78 is 27.8. The molecule has 2 aromatic rings. The molecule has 0 heterocycles. The van der Waals surface area contributed by atoms with Crippen molar-refractivity contribution in [3.05, 3.63) is 67.6 Å². The summed E-state index contributed by atoms with van der Waals surface area (Å²) in [6, 6.07) is 6.92. The third-order valence-corrected chi connectivity index (χ3v) is 3.86. The zero-order chi connectivity index (χ0) is 14.9. The first-order chi connectivity index (χ1) is 9.38. The van der Waals surface area contributed by atoms with Crippen molar-refractivity contribution in [3.63, 3.8) is 0 Å². The van der Waals surface area contributed by atoms with E-state index in [1.165, 1.54) is 0 Å². The Bertz CT molecular complexity index is 626. The Morgan fingerprint density at radius 1 is 1.10 bits per heavy atom. The number of hydrogen-bond donors (Lipinski definition) is 1. The quantitative estimate of drug-likeness (QED) is 0.763. The Morgan fingerprint density at radius 2 is 1.70 bits per heavy atom. The molecule has 1 unspecified atom stereocenters. The maximum absolute atomic E-state index is 13.8. The highest BCUT2D eigenvalue weighted by molar-refractivity contribution is 9.10. The van der Waals surface area contributed by atoms with Gasteiger partial charge in [0.25, 0.3) is 0 Å². The predicted octanol–water partition coefficient (Wildman–Crippen LogP) is 5.31. The fourth-order valence-electron chi connectivity index (χ4n) is 1.88. The molecular weight excluding hydrogens is 373 g/mol. The molecule has 0 saturated carbocycles. The van der Waals surface area contributed by atoms with E-state index in [0.29, 0.717) is 15.6 Å². The first kappa shape index (κ1) is 15.7. The summed E-state index contributed by atoms with van der Waals surface area (Å²) >= 11 is 14.8. The molecule has 2 rings (SSSR count). The van der Waals surface area contributed by atoms with Crippen molar-refractivity contribution in [2.24, 2.45) is 0 Å². The van der Waals surface area contributed by atoms with Gasteiger partial charge in [0, 0.05) is 20.9 Å². The van der Waals surface area contributed by atoms with E-state index < -0.39 is 17.7 Å². The monoisotopic (exact) mass is 380 g/mol. The van der Waals surface area contributed by atoms with E-state index >= 15 is 0 Å². The Kier molecular flexibility index (Phi) is 5.02. The smallest absolute Gasteiger partial charge is 0.133 e. The summed E-state index contributed by atoms with van der Waals surface area (Å²) in [5.74, 6) is -1.63. The van der Waals surface area contributed by atoms with Crippen LogP contribution >= 0.6 is 39.1 Å². The van der Waals surface area contributed by atoms with Crippen LogP contribution < -0.4 is 0 Å². The van der Waals surface area contributed by atoms with Crippen molar-refractivity contribution >= 4 is 39.1 Å². The van der Waals surface area contributed by atoms with Crippen molar-refractivity contribution in [3.8, 4) is 0 Å². The summed E-state index contributed by atoms with van der Waals surface area (Å²) in [5.41, 5.74) is 0.137. The van der Waals surface area contributed by atoms with E-state index in [-0.39, 0.29) is 16.5 Å². The van der Waals surface area contributed by atoms with Gasteiger partial charge >= 0.3 is 0 Å². The molecule has 0 fully saturated rings. The number of aliphatic hydroxyl groups is 1. The van der Waals surface area contributed by atoms with E-state index in [9.17, 15) is 13.9 Å². The summed E-state index contributed by atoms with van der Waals surface area (Å²) in [5, 5.41) is 10.9. The minimum Gasteiger partial charge on any atom is -0.388 e. The van der Waals surface area contributed by atoms with E-state index in [1.807, 2.05) is 0 Å². The van der Waals surface area contributed by atoms with Crippen LogP contribution in [0.2, 0.25) is 10.0 Å². The van der Waals surface area contributed by atoms with E-state index in [4.69, 9.17) is 23.2 Å². The molecule has 1 atom stereocenters. The van der Waals surface area contributed by atoms with Crippen LogP contribution in [-0.4, -0.2) is 5.11 Å². The Labute approximate surface area is 133 Å². The van der Waals surface area contributed by atoms with Gasteiger partial charge in [-0.05, 0) is 35.9 Å². The molecular formula is C14H9BrCl2F2O. The molecule has 0 saturated heterocycles. The number of halogens is 5. The molecule has 0 aromatic heterocycles. The second-order valence-electron chi connectivity index (χ2n) is 4.24. The average molecular weight is 382 g/mol. The van der Waals surface area contributed by atoms with E-state index in [1.54, 1.807) is 18.2 Å². The first-order valence-electron chi connectivity index (χ1n) is 5.65. The maximum atomic E-state index is 13.8. The van der Waals surface area contributed by atoms with E-state index in [0.717, 1.165) is 12.1 Å². The first-order valence-corrected chi connectivity index (χ1v) is 7.20. The van der Waals surface area contributed by atoms with Gasteiger partial charge in [0.05, 0.1) is 11.7 Å². The Morgan fingerprint density at radius 3 is 2.30 bits per heavy atom.